The Labute approximate surface area is 242 Å². The Morgan fingerprint density at radius 2 is 1.73 bits per heavy atom. The highest BCUT2D eigenvalue weighted by Gasteiger charge is 2.36. The Kier molecular flexibility index (Phi) is 14.7. The van der Waals surface area contributed by atoms with Gasteiger partial charge in [0.05, 0.1) is 7.11 Å². The number of phenolic OH excluding ortho intramolecular Hbond substituents is 1. The maximum Gasteiger partial charge on any atom is 0.408 e. The number of phenols is 1. The van der Waals surface area contributed by atoms with Gasteiger partial charge in [-0.05, 0) is 63.8 Å². The summed E-state index contributed by atoms with van der Waals surface area (Å²) in [6.07, 6.45) is 3.11. The van der Waals surface area contributed by atoms with Crippen molar-refractivity contribution in [2.75, 3.05) is 20.2 Å². The summed E-state index contributed by atoms with van der Waals surface area (Å²) in [6, 6.07) is 2.05. The van der Waals surface area contributed by atoms with Crippen LogP contribution in [0.1, 0.15) is 89.8 Å². The van der Waals surface area contributed by atoms with Crippen LogP contribution in [0.15, 0.2) is 18.2 Å². The first-order chi connectivity index (χ1) is 19.2. The molecule has 0 radical (unpaired) electrons. The molecule has 1 aromatic rings. The number of unbranched alkanes of at least 4 members (excludes halogenated alkanes) is 4. The lowest BCUT2D eigenvalue weighted by atomic mass is 9.99. The van der Waals surface area contributed by atoms with Crippen LogP contribution in [-0.2, 0) is 28.7 Å². The van der Waals surface area contributed by atoms with E-state index in [1.807, 2.05) is 0 Å². The quantitative estimate of drug-likeness (QED) is 0.171. The number of hydrogen-bond donors (Lipinski definition) is 4. The number of aryl methyl sites for hydroxylation is 1. The van der Waals surface area contributed by atoms with Crippen molar-refractivity contribution in [2.24, 2.45) is 5.73 Å². The number of primary amides is 1. The summed E-state index contributed by atoms with van der Waals surface area (Å²) in [5.74, 6) is -2.63. The number of nitrogens with two attached hydrogens (primary N) is 1. The number of esters is 1. The first-order valence-electron chi connectivity index (χ1n) is 13.9. The summed E-state index contributed by atoms with van der Waals surface area (Å²) in [4.78, 5) is 65.1. The van der Waals surface area contributed by atoms with Crippen molar-refractivity contribution in [3.8, 4) is 5.75 Å². The van der Waals surface area contributed by atoms with Gasteiger partial charge in [0.2, 0.25) is 17.7 Å². The minimum Gasteiger partial charge on any atom is -0.508 e. The molecule has 1 aromatic carbocycles. The van der Waals surface area contributed by atoms with Gasteiger partial charge in [-0.15, -0.1) is 0 Å². The first-order valence-corrected chi connectivity index (χ1v) is 13.9. The van der Waals surface area contributed by atoms with E-state index in [4.69, 9.17) is 10.5 Å². The number of alkyl carbamates (subject to hydrolysis) is 1. The third kappa shape index (κ3) is 12.9. The van der Waals surface area contributed by atoms with Crippen LogP contribution in [-0.4, -0.2) is 71.6 Å². The van der Waals surface area contributed by atoms with Crippen molar-refractivity contribution >= 4 is 29.8 Å². The molecule has 0 spiro atoms. The topological polar surface area (TPSA) is 177 Å². The number of methoxy groups -OCH3 is 1. The molecule has 5 N–H and O–H groups in total. The Hall–Kier alpha value is -3.83. The van der Waals surface area contributed by atoms with Crippen molar-refractivity contribution in [2.45, 2.75) is 97.2 Å². The standard InChI is InChI=1S/C29H46N4O8/c1-7-8-9-10-11-16-33(27(38)21(13-15-23(30)35)32-28(39)41-29(3,4)5)25(26(37)31-18-24(36)40-6)20-12-14-22(34)19(2)17-20/h12,14,17,21,25,34H,7-11,13,15-16,18H2,1-6H3,(H2,30,35)(H,31,37)(H,32,39). The number of hydrogen-bond acceptors (Lipinski definition) is 8. The molecule has 0 aliphatic heterocycles. The largest absolute Gasteiger partial charge is 0.508 e. The molecule has 0 aliphatic rings. The summed E-state index contributed by atoms with van der Waals surface area (Å²) in [7, 11) is 1.19. The van der Waals surface area contributed by atoms with E-state index in [-0.39, 0.29) is 25.1 Å². The highest BCUT2D eigenvalue weighted by Crippen LogP contribution is 2.28. The number of amides is 4. The van der Waals surface area contributed by atoms with Gasteiger partial charge in [-0.1, -0.05) is 38.7 Å². The summed E-state index contributed by atoms with van der Waals surface area (Å²) < 4.78 is 9.97. The zero-order valence-corrected chi connectivity index (χ0v) is 25.1. The molecule has 0 fully saturated rings. The smallest absolute Gasteiger partial charge is 0.408 e. The molecule has 230 valence electrons. The van der Waals surface area contributed by atoms with E-state index in [9.17, 15) is 29.1 Å². The van der Waals surface area contributed by atoms with E-state index >= 15 is 0 Å². The maximum atomic E-state index is 14.1. The SMILES string of the molecule is CCCCCCCN(C(=O)C(CCC(N)=O)NC(=O)OC(C)(C)C)C(C(=O)NCC(=O)OC)c1ccc(O)c(C)c1. The number of benzene rings is 1. The van der Waals surface area contributed by atoms with Crippen LogP contribution in [0.3, 0.4) is 0 Å². The molecule has 0 bridgehead atoms. The van der Waals surface area contributed by atoms with Gasteiger partial charge in [-0.2, -0.15) is 0 Å². The summed E-state index contributed by atoms with van der Waals surface area (Å²) >= 11 is 0. The summed E-state index contributed by atoms with van der Waals surface area (Å²) in [5, 5.41) is 15.2. The van der Waals surface area contributed by atoms with Gasteiger partial charge >= 0.3 is 12.1 Å². The molecule has 2 atom stereocenters. The van der Waals surface area contributed by atoms with Gasteiger partial charge in [0.1, 0.15) is 30.0 Å². The van der Waals surface area contributed by atoms with Crippen molar-refractivity contribution in [3.05, 3.63) is 29.3 Å². The molecule has 0 heterocycles. The highest BCUT2D eigenvalue weighted by molar-refractivity contribution is 5.93. The van der Waals surface area contributed by atoms with Gasteiger partial charge in [0.15, 0.2) is 0 Å². The molecule has 0 aliphatic carbocycles. The molecular formula is C29H46N4O8. The predicted molar refractivity (Wildman–Crippen MR) is 153 cm³/mol. The summed E-state index contributed by atoms with van der Waals surface area (Å²) in [5.41, 5.74) is 5.36. The highest BCUT2D eigenvalue weighted by atomic mass is 16.6. The average molecular weight is 579 g/mol. The first kappa shape index (κ1) is 35.2. The molecule has 41 heavy (non-hydrogen) atoms. The van der Waals surface area contributed by atoms with Crippen molar-refractivity contribution < 1.29 is 38.6 Å². The molecule has 12 nitrogen and oxygen atoms in total. The molecule has 0 aromatic heterocycles. The Morgan fingerprint density at radius 3 is 2.29 bits per heavy atom. The lowest BCUT2D eigenvalue weighted by Crippen LogP contribution is -2.53. The van der Waals surface area contributed by atoms with Gasteiger partial charge in [-0.3, -0.25) is 19.2 Å². The van der Waals surface area contributed by atoms with Crippen molar-refractivity contribution in [1.82, 2.24) is 15.5 Å². The zero-order chi connectivity index (χ0) is 31.2. The fraction of sp³-hybridized carbons (Fsp3) is 0.621. The molecule has 12 heteroatoms. The third-order valence-electron chi connectivity index (χ3n) is 6.19. The second-order valence-corrected chi connectivity index (χ2v) is 10.9. The van der Waals surface area contributed by atoms with Gasteiger partial charge < -0.3 is 35.8 Å². The van der Waals surface area contributed by atoms with E-state index in [2.05, 4.69) is 22.3 Å². The van der Waals surface area contributed by atoms with E-state index in [0.717, 1.165) is 25.7 Å². The van der Waals surface area contributed by atoms with Gasteiger partial charge in [0, 0.05) is 13.0 Å². The Bertz CT molecular complexity index is 1050. The zero-order valence-electron chi connectivity index (χ0n) is 25.1. The van der Waals surface area contributed by atoms with Crippen LogP contribution in [0, 0.1) is 6.92 Å². The van der Waals surface area contributed by atoms with Crippen LogP contribution in [0.5, 0.6) is 5.75 Å². The third-order valence-corrected chi connectivity index (χ3v) is 6.19. The number of ether oxygens (including phenoxy) is 2. The van der Waals surface area contributed by atoms with Crippen LogP contribution >= 0.6 is 0 Å². The monoisotopic (exact) mass is 578 g/mol. The van der Waals surface area contributed by atoms with Crippen molar-refractivity contribution in [3.63, 3.8) is 0 Å². The number of carbonyl (C=O) groups excluding carboxylic acids is 5. The predicted octanol–water partition coefficient (Wildman–Crippen LogP) is 2.99. The summed E-state index contributed by atoms with van der Waals surface area (Å²) in [6.45, 7) is 8.46. The fourth-order valence-corrected chi connectivity index (χ4v) is 4.10. The normalized spacial score (nSPS) is 12.5. The number of aromatic hydroxyl groups is 1. The molecule has 0 saturated heterocycles. The van der Waals surface area contributed by atoms with E-state index < -0.39 is 54.0 Å². The van der Waals surface area contributed by atoms with Crippen LogP contribution < -0.4 is 16.4 Å². The molecular weight excluding hydrogens is 532 g/mol. The second-order valence-electron chi connectivity index (χ2n) is 10.9. The van der Waals surface area contributed by atoms with Gasteiger partial charge in [-0.25, -0.2) is 4.79 Å². The molecule has 2 unspecified atom stereocenters. The average Bonchev–Trinajstić information content (AvgIpc) is 2.88. The number of nitrogens with zero attached hydrogens (tertiary/aromatic N) is 1. The van der Waals surface area contributed by atoms with Crippen LogP contribution in [0.25, 0.3) is 0 Å². The van der Waals surface area contributed by atoms with E-state index in [1.54, 1.807) is 33.8 Å². The van der Waals surface area contributed by atoms with E-state index in [1.165, 1.54) is 24.1 Å². The maximum absolute atomic E-state index is 14.1. The van der Waals surface area contributed by atoms with Crippen molar-refractivity contribution in [1.29, 1.82) is 0 Å². The van der Waals surface area contributed by atoms with Crippen LogP contribution in [0.2, 0.25) is 0 Å². The number of nitrogens with one attached hydrogen (secondary N) is 2. The lowest BCUT2D eigenvalue weighted by Gasteiger charge is -2.34. The molecule has 0 saturated carbocycles. The number of rotatable bonds is 16. The lowest BCUT2D eigenvalue weighted by molar-refractivity contribution is -0.145. The molecule has 4 amide bonds. The van der Waals surface area contributed by atoms with Gasteiger partial charge in [0.25, 0.3) is 0 Å². The number of carbonyl (C=O) groups is 5. The Morgan fingerprint density at radius 1 is 1.07 bits per heavy atom. The molecule has 1 rings (SSSR count). The fourth-order valence-electron chi connectivity index (χ4n) is 4.10. The Balaban J connectivity index is 3.55. The van der Waals surface area contributed by atoms with Crippen LogP contribution in [0.4, 0.5) is 4.79 Å². The minimum absolute atomic E-state index is 0.00541. The van der Waals surface area contributed by atoms with E-state index in [0.29, 0.717) is 17.5 Å². The second kappa shape index (κ2) is 17.1. The minimum atomic E-state index is -1.23.